The molecule has 0 bridgehead atoms. The number of benzene rings is 2. The number of ether oxygens (including phenoxy) is 3. The molecule has 4 heteroatoms. The van der Waals surface area contributed by atoms with Crippen molar-refractivity contribution in [1.29, 1.82) is 0 Å². The molecule has 2 aromatic carbocycles. The maximum absolute atomic E-state index is 5.87. The van der Waals surface area contributed by atoms with Gasteiger partial charge in [-0.05, 0) is 17.5 Å². The van der Waals surface area contributed by atoms with Gasteiger partial charge in [-0.1, -0.05) is 60.7 Å². The molecule has 0 aliphatic rings. The maximum atomic E-state index is 5.87. The molecule has 26 heavy (non-hydrogen) atoms. The third kappa shape index (κ3) is 8.11. The fourth-order valence-electron chi connectivity index (χ4n) is 2.87. The number of hydrogen-bond donors (Lipinski definition) is 0. The van der Waals surface area contributed by atoms with Gasteiger partial charge in [-0.25, -0.2) is 0 Å². The molecule has 0 saturated carbocycles. The van der Waals surface area contributed by atoms with Gasteiger partial charge >= 0.3 is 0 Å². The lowest BCUT2D eigenvalue weighted by Gasteiger charge is -2.27. The molecule has 4 nitrogen and oxygen atoms in total. The lowest BCUT2D eigenvalue weighted by atomic mass is 10.2. The summed E-state index contributed by atoms with van der Waals surface area (Å²) in [4.78, 5) is 2.41. The highest BCUT2D eigenvalue weighted by Gasteiger charge is 2.14. The van der Waals surface area contributed by atoms with E-state index in [0.717, 1.165) is 32.7 Å². The van der Waals surface area contributed by atoms with E-state index in [0.29, 0.717) is 13.2 Å². The summed E-state index contributed by atoms with van der Waals surface area (Å²) in [5.74, 6) is 0. The Bertz CT molecular complexity index is 576. The average Bonchev–Trinajstić information content (AvgIpc) is 2.69. The second-order valence-corrected chi connectivity index (χ2v) is 6.43. The highest BCUT2D eigenvalue weighted by molar-refractivity contribution is 5.14. The van der Waals surface area contributed by atoms with Crippen LogP contribution in [-0.4, -0.2) is 51.5 Å². The van der Waals surface area contributed by atoms with Crippen molar-refractivity contribution >= 4 is 0 Å². The van der Waals surface area contributed by atoms with Gasteiger partial charge in [0, 0.05) is 40.5 Å². The van der Waals surface area contributed by atoms with E-state index in [1.165, 1.54) is 11.1 Å². The van der Waals surface area contributed by atoms with Gasteiger partial charge < -0.3 is 14.2 Å². The van der Waals surface area contributed by atoms with E-state index in [1.807, 2.05) is 24.3 Å². The molecule has 0 radical (unpaired) electrons. The molecule has 1 atom stereocenters. The SMILES string of the molecule is COCCCN(Cc1ccccc1)C[C@@H](COCc1ccccc1)OC. The van der Waals surface area contributed by atoms with Crippen LogP contribution < -0.4 is 0 Å². The Morgan fingerprint density at radius 2 is 1.54 bits per heavy atom. The molecule has 0 amide bonds. The first-order valence-electron chi connectivity index (χ1n) is 9.21. The Kier molecular flexibility index (Phi) is 9.98. The van der Waals surface area contributed by atoms with Gasteiger partial charge in [-0.3, -0.25) is 4.90 Å². The fraction of sp³-hybridized carbons (Fsp3) is 0.455. The smallest absolute Gasteiger partial charge is 0.0931 e. The van der Waals surface area contributed by atoms with Gasteiger partial charge in [-0.15, -0.1) is 0 Å². The predicted molar refractivity (Wildman–Crippen MR) is 105 cm³/mol. The summed E-state index contributed by atoms with van der Waals surface area (Å²) in [6, 6.07) is 20.8. The van der Waals surface area contributed by atoms with E-state index in [9.17, 15) is 0 Å². The van der Waals surface area contributed by atoms with E-state index in [-0.39, 0.29) is 6.10 Å². The molecule has 0 fully saturated rings. The summed E-state index contributed by atoms with van der Waals surface area (Å²) in [6.45, 7) is 4.69. The molecule has 2 aromatic rings. The molecule has 0 heterocycles. The minimum Gasteiger partial charge on any atom is -0.385 e. The van der Waals surface area contributed by atoms with Crippen LogP contribution in [0.1, 0.15) is 17.5 Å². The molecule has 0 aliphatic heterocycles. The molecular weight excluding hydrogens is 326 g/mol. The summed E-state index contributed by atoms with van der Waals surface area (Å²) in [6.07, 6.45) is 1.05. The third-order valence-electron chi connectivity index (χ3n) is 4.28. The van der Waals surface area contributed by atoms with E-state index < -0.39 is 0 Å². The second-order valence-electron chi connectivity index (χ2n) is 6.43. The van der Waals surface area contributed by atoms with Crippen LogP contribution in [-0.2, 0) is 27.4 Å². The first-order valence-corrected chi connectivity index (χ1v) is 9.21. The number of hydrogen-bond acceptors (Lipinski definition) is 4. The van der Waals surface area contributed by atoms with Crippen LogP contribution in [0, 0.1) is 0 Å². The van der Waals surface area contributed by atoms with E-state index in [2.05, 4.69) is 41.3 Å². The number of rotatable bonds is 13. The lowest BCUT2D eigenvalue weighted by molar-refractivity contribution is -0.0172. The zero-order chi connectivity index (χ0) is 18.5. The van der Waals surface area contributed by atoms with Crippen molar-refractivity contribution in [2.75, 3.05) is 40.5 Å². The molecule has 0 aliphatic carbocycles. The van der Waals surface area contributed by atoms with Crippen molar-refractivity contribution in [2.24, 2.45) is 0 Å². The maximum Gasteiger partial charge on any atom is 0.0931 e. The summed E-state index contributed by atoms with van der Waals surface area (Å²) in [7, 11) is 3.50. The standard InChI is InChI=1S/C22H31NO3/c1-24-15-9-14-23(16-20-10-5-3-6-11-20)17-22(25-2)19-26-18-21-12-7-4-8-13-21/h3-8,10-13,22H,9,14-19H2,1-2H3/t22-/m0/s1. The summed E-state index contributed by atoms with van der Waals surface area (Å²) < 4.78 is 16.7. The van der Waals surface area contributed by atoms with Crippen LogP contribution in [0.3, 0.4) is 0 Å². The summed E-state index contributed by atoms with van der Waals surface area (Å²) in [5, 5.41) is 0. The van der Waals surface area contributed by atoms with Crippen molar-refractivity contribution in [3.8, 4) is 0 Å². The molecular formula is C22H31NO3. The van der Waals surface area contributed by atoms with E-state index >= 15 is 0 Å². The van der Waals surface area contributed by atoms with Crippen molar-refractivity contribution < 1.29 is 14.2 Å². The Hall–Kier alpha value is -1.72. The second kappa shape index (κ2) is 12.6. The van der Waals surface area contributed by atoms with Gasteiger partial charge in [0.2, 0.25) is 0 Å². The fourth-order valence-corrected chi connectivity index (χ4v) is 2.87. The highest BCUT2D eigenvalue weighted by atomic mass is 16.5. The molecule has 0 unspecified atom stereocenters. The highest BCUT2D eigenvalue weighted by Crippen LogP contribution is 2.09. The monoisotopic (exact) mass is 357 g/mol. The van der Waals surface area contributed by atoms with Crippen LogP contribution in [0.4, 0.5) is 0 Å². The van der Waals surface area contributed by atoms with Crippen molar-refractivity contribution in [3.63, 3.8) is 0 Å². The van der Waals surface area contributed by atoms with E-state index in [1.54, 1.807) is 14.2 Å². The normalized spacial score (nSPS) is 12.4. The molecule has 0 spiro atoms. The van der Waals surface area contributed by atoms with Gasteiger partial charge in [0.25, 0.3) is 0 Å². The van der Waals surface area contributed by atoms with Gasteiger partial charge in [0.1, 0.15) is 0 Å². The van der Waals surface area contributed by atoms with Crippen molar-refractivity contribution in [2.45, 2.75) is 25.7 Å². The molecule has 0 N–H and O–H groups in total. The van der Waals surface area contributed by atoms with Gasteiger partial charge in [-0.2, -0.15) is 0 Å². The minimum atomic E-state index is 0.0463. The van der Waals surface area contributed by atoms with Crippen LogP contribution >= 0.6 is 0 Å². The Morgan fingerprint density at radius 1 is 0.885 bits per heavy atom. The first-order chi connectivity index (χ1) is 12.8. The Morgan fingerprint density at radius 3 is 2.15 bits per heavy atom. The Labute approximate surface area is 157 Å². The van der Waals surface area contributed by atoms with Crippen LogP contribution in [0.2, 0.25) is 0 Å². The molecule has 2 rings (SSSR count). The van der Waals surface area contributed by atoms with Crippen LogP contribution in [0.15, 0.2) is 60.7 Å². The summed E-state index contributed by atoms with van der Waals surface area (Å²) in [5.41, 5.74) is 2.49. The molecule has 0 saturated heterocycles. The number of methoxy groups -OCH3 is 2. The predicted octanol–water partition coefficient (Wildman–Crippen LogP) is 3.76. The average molecular weight is 357 g/mol. The summed E-state index contributed by atoms with van der Waals surface area (Å²) >= 11 is 0. The van der Waals surface area contributed by atoms with Crippen LogP contribution in [0.5, 0.6) is 0 Å². The molecule has 142 valence electrons. The van der Waals surface area contributed by atoms with Gasteiger partial charge in [0.15, 0.2) is 0 Å². The zero-order valence-corrected chi connectivity index (χ0v) is 16.0. The lowest BCUT2D eigenvalue weighted by Crippen LogP contribution is -2.36. The largest absolute Gasteiger partial charge is 0.385 e. The number of nitrogens with zero attached hydrogens (tertiary/aromatic N) is 1. The van der Waals surface area contributed by atoms with Crippen molar-refractivity contribution in [1.82, 2.24) is 4.90 Å². The topological polar surface area (TPSA) is 30.9 Å². The first kappa shape index (κ1) is 20.6. The zero-order valence-electron chi connectivity index (χ0n) is 16.0. The Balaban J connectivity index is 1.83. The molecule has 0 aromatic heterocycles. The quantitative estimate of drug-likeness (QED) is 0.511. The van der Waals surface area contributed by atoms with Crippen LogP contribution in [0.25, 0.3) is 0 Å². The van der Waals surface area contributed by atoms with Crippen molar-refractivity contribution in [3.05, 3.63) is 71.8 Å². The van der Waals surface area contributed by atoms with E-state index in [4.69, 9.17) is 14.2 Å². The third-order valence-corrected chi connectivity index (χ3v) is 4.28. The minimum absolute atomic E-state index is 0.0463. The van der Waals surface area contributed by atoms with Gasteiger partial charge in [0.05, 0.1) is 19.3 Å².